The number of benzene rings is 1. The normalized spacial score (nSPS) is 14.0. The van der Waals surface area contributed by atoms with Crippen molar-refractivity contribution >= 4 is 39.7 Å². The van der Waals surface area contributed by atoms with Crippen LogP contribution in [0.25, 0.3) is 21.8 Å². The Labute approximate surface area is 256 Å². The zero-order valence-corrected chi connectivity index (χ0v) is 26.3. The van der Waals surface area contributed by atoms with Crippen LogP contribution >= 0.6 is 0 Å². The number of methoxy groups -OCH3 is 1. The van der Waals surface area contributed by atoms with Crippen molar-refractivity contribution < 1.29 is 19.1 Å². The average Bonchev–Trinajstić information content (AvgIpc) is 3.11. The number of anilines is 1. The second kappa shape index (κ2) is 12.5. The fourth-order valence-electron chi connectivity index (χ4n) is 5.54. The van der Waals surface area contributed by atoms with E-state index in [2.05, 4.69) is 9.97 Å². The number of nitrogens with zero attached hydrogens (tertiary/aromatic N) is 6. The van der Waals surface area contributed by atoms with Crippen LogP contribution < -0.4 is 10.5 Å². The lowest BCUT2D eigenvalue weighted by Crippen LogP contribution is -2.39. The molecule has 1 aliphatic rings. The maximum Gasteiger partial charge on any atom is 0.410 e. The first-order valence-corrected chi connectivity index (χ1v) is 14.9. The first-order valence-electron chi connectivity index (χ1n) is 14.9. The Bertz CT molecular complexity index is 1790. The molecule has 1 fully saturated rings. The molecule has 3 aromatic heterocycles. The minimum absolute atomic E-state index is 0.217. The lowest BCUT2D eigenvalue weighted by atomic mass is 10.1. The van der Waals surface area contributed by atoms with Crippen molar-refractivity contribution in [3.8, 4) is 0 Å². The molecule has 1 aromatic carbocycles. The number of carbonyl (C=O) groups excluding carboxylic acids is 2. The summed E-state index contributed by atoms with van der Waals surface area (Å²) in [5.41, 5.74) is 1.76. The zero-order chi connectivity index (χ0) is 31.6. The number of hydrogen-bond donors (Lipinski definition) is 0. The van der Waals surface area contributed by atoms with E-state index >= 15 is 0 Å². The Balaban J connectivity index is 1.63. The topological polar surface area (TPSA) is 112 Å². The van der Waals surface area contributed by atoms with Crippen molar-refractivity contribution in [2.75, 3.05) is 38.2 Å². The maximum atomic E-state index is 14.2. The van der Waals surface area contributed by atoms with Crippen LogP contribution in [0.15, 0.2) is 59.3 Å². The summed E-state index contributed by atoms with van der Waals surface area (Å²) in [5, 5.41) is 1.99. The van der Waals surface area contributed by atoms with Crippen molar-refractivity contribution in [1.82, 2.24) is 24.0 Å². The third-order valence-electron chi connectivity index (χ3n) is 7.59. The van der Waals surface area contributed by atoms with Gasteiger partial charge < -0.3 is 23.8 Å². The summed E-state index contributed by atoms with van der Waals surface area (Å²) in [7, 11) is 1.32. The monoisotopic (exact) mass is 600 g/mol. The summed E-state index contributed by atoms with van der Waals surface area (Å²) < 4.78 is 14.2. The zero-order valence-electron chi connectivity index (χ0n) is 26.3. The highest BCUT2D eigenvalue weighted by Gasteiger charge is 2.32. The van der Waals surface area contributed by atoms with E-state index in [-0.39, 0.29) is 29.3 Å². The minimum atomic E-state index is -0.606. The molecule has 0 aliphatic carbocycles. The number of allylic oxidation sites excluding steroid dienone is 2. The Hall–Kier alpha value is -4.67. The van der Waals surface area contributed by atoms with E-state index in [0.717, 1.165) is 22.0 Å². The van der Waals surface area contributed by atoms with Crippen LogP contribution in [-0.2, 0) is 22.6 Å². The van der Waals surface area contributed by atoms with Crippen molar-refractivity contribution in [2.24, 2.45) is 0 Å². The van der Waals surface area contributed by atoms with Gasteiger partial charge in [-0.1, -0.05) is 35.9 Å². The van der Waals surface area contributed by atoms with Crippen molar-refractivity contribution in [2.45, 2.75) is 59.7 Å². The van der Waals surface area contributed by atoms with E-state index < -0.39 is 11.6 Å². The van der Waals surface area contributed by atoms with Gasteiger partial charge in [0.15, 0.2) is 0 Å². The molecular formula is C33H40N6O5. The number of hydrogen-bond acceptors (Lipinski definition) is 8. The molecule has 232 valence electrons. The van der Waals surface area contributed by atoms with Gasteiger partial charge in [0.25, 0.3) is 5.56 Å². The molecule has 0 unspecified atom stereocenters. The Morgan fingerprint density at radius 1 is 1.02 bits per heavy atom. The Kier molecular flexibility index (Phi) is 8.75. The third kappa shape index (κ3) is 6.31. The van der Waals surface area contributed by atoms with Gasteiger partial charge >= 0.3 is 12.1 Å². The van der Waals surface area contributed by atoms with Gasteiger partial charge in [-0.05, 0) is 52.5 Å². The largest absolute Gasteiger partial charge is 0.465 e. The van der Waals surface area contributed by atoms with E-state index in [4.69, 9.17) is 9.47 Å². The molecule has 0 N–H and O–H groups in total. The molecule has 1 saturated heterocycles. The summed E-state index contributed by atoms with van der Waals surface area (Å²) in [6.07, 6.45) is 5.50. The van der Waals surface area contributed by atoms with Gasteiger partial charge in [-0.25, -0.2) is 14.6 Å². The van der Waals surface area contributed by atoms with Gasteiger partial charge in [0.1, 0.15) is 28.0 Å². The van der Waals surface area contributed by atoms with Crippen LogP contribution in [0.1, 0.15) is 57.1 Å². The van der Waals surface area contributed by atoms with Crippen LogP contribution in [0, 0.1) is 0 Å². The first-order chi connectivity index (χ1) is 21.0. The van der Waals surface area contributed by atoms with Crippen molar-refractivity contribution in [1.29, 1.82) is 0 Å². The number of carbonyl (C=O) groups is 2. The second-order valence-electron chi connectivity index (χ2n) is 12.2. The maximum absolute atomic E-state index is 14.2. The highest BCUT2D eigenvalue weighted by Crippen LogP contribution is 2.32. The number of fused-ring (bicyclic) bond motifs is 2. The van der Waals surface area contributed by atoms with Gasteiger partial charge in [-0.15, -0.1) is 0 Å². The molecule has 1 amide bonds. The molecule has 0 radical (unpaired) electrons. The molecule has 5 rings (SSSR count). The molecule has 4 heterocycles. The number of aromatic nitrogens is 4. The molecule has 0 atom stereocenters. The fourth-order valence-corrected chi connectivity index (χ4v) is 5.54. The predicted molar refractivity (Wildman–Crippen MR) is 170 cm³/mol. The fraction of sp³-hybridized carbons (Fsp3) is 0.424. The van der Waals surface area contributed by atoms with Crippen LogP contribution in [0.4, 0.5) is 10.6 Å². The number of amides is 1. The number of esters is 1. The summed E-state index contributed by atoms with van der Waals surface area (Å²) in [6.45, 7) is 12.0. The molecular weight excluding hydrogens is 560 g/mol. The Morgan fingerprint density at radius 3 is 2.52 bits per heavy atom. The lowest BCUT2D eigenvalue weighted by molar-refractivity contribution is 0.0263. The smallest absolute Gasteiger partial charge is 0.410 e. The van der Waals surface area contributed by atoms with Gasteiger partial charge in [-0.2, -0.15) is 0 Å². The predicted octanol–water partition coefficient (Wildman–Crippen LogP) is 4.99. The number of rotatable bonds is 6. The van der Waals surface area contributed by atoms with Gasteiger partial charge in [0.2, 0.25) is 0 Å². The van der Waals surface area contributed by atoms with Gasteiger partial charge in [0, 0.05) is 44.3 Å². The molecule has 0 spiro atoms. The van der Waals surface area contributed by atoms with E-state index in [1.165, 1.54) is 18.0 Å². The highest BCUT2D eigenvalue weighted by atomic mass is 16.6. The van der Waals surface area contributed by atoms with E-state index in [0.29, 0.717) is 50.5 Å². The highest BCUT2D eigenvalue weighted by molar-refractivity contribution is 6.08. The second-order valence-corrected chi connectivity index (χ2v) is 12.2. The molecule has 11 nitrogen and oxygen atoms in total. The molecule has 0 saturated carbocycles. The SMILES string of the molecule is COC(=O)c1c(N2CCCN(C(=O)OC(C)(C)C)CC2)n(CC=C(C)C)c2c(=O)n(Cc3nccc4ccccc34)cnc12. The minimum Gasteiger partial charge on any atom is -0.465 e. The third-order valence-corrected chi connectivity index (χ3v) is 7.59. The number of ether oxygens (including phenoxy) is 2. The average molecular weight is 601 g/mol. The molecule has 0 bridgehead atoms. The summed E-state index contributed by atoms with van der Waals surface area (Å²) in [5.74, 6) is -0.0180. The molecule has 4 aromatic rings. The van der Waals surface area contributed by atoms with Crippen LogP contribution in [0.2, 0.25) is 0 Å². The van der Waals surface area contributed by atoms with Crippen molar-refractivity contribution in [3.63, 3.8) is 0 Å². The van der Waals surface area contributed by atoms with Crippen LogP contribution in [0.5, 0.6) is 0 Å². The van der Waals surface area contributed by atoms with Gasteiger partial charge in [-0.3, -0.25) is 14.3 Å². The van der Waals surface area contributed by atoms with E-state index in [1.807, 2.05) is 80.5 Å². The summed E-state index contributed by atoms with van der Waals surface area (Å²) in [6, 6.07) is 9.85. The first kappa shape index (κ1) is 30.8. The van der Waals surface area contributed by atoms with Crippen LogP contribution in [0.3, 0.4) is 0 Å². The quantitative estimate of drug-likeness (QED) is 0.225. The Morgan fingerprint density at radius 2 is 1.80 bits per heavy atom. The lowest BCUT2D eigenvalue weighted by Gasteiger charge is -2.27. The van der Waals surface area contributed by atoms with Crippen molar-refractivity contribution in [3.05, 3.63) is 76.1 Å². The molecule has 11 heteroatoms. The molecule has 44 heavy (non-hydrogen) atoms. The molecule has 1 aliphatic heterocycles. The van der Waals surface area contributed by atoms with Gasteiger partial charge in [0.05, 0.1) is 25.7 Å². The van der Waals surface area contributed by atoms with E-state index in [9.17, 15) is 14.4 Å². The van der Waals surface area contributed by atoms with E-state index in [1.54, 1.807) is 11.1 Å². The summed E-state index contributed by atoms with van der Waals surface area (Å²) >= 11 is 0. The number of pyridine rings is 1. The standard InChI is InChI=1S/C33H40N6O5/c1-22(2)13-17-39-28-27(35-21-38(30(28)40)20-25-24-11-8-7-10-23(24)12-14-34-25)26(31(41)43-6)29(39)36-15-9-16-37(19-18-36)32(42)44-33(3,4)5/h7-8,10-14,21H,9,15-20H2,1-6H3. The van der Waals surface area contributed by atoms with Crippen LogP contribution in [-0.4, -0.2) is 75.0 Å². The summed E-state index contributed by atoms with van der Waals surface area (Å²) in [4.78, 5) is 53.5.